The molecule has 5 heteroatoms. The van der Waals surface area contributed by atoms with Crippen molar-refractivity contribution in [1.82, 2.24) is 9.80 Å². The normalized spacial score (nSPS) is 27.8. The first-order chi connectivity index (χ1) is 11.3. The number of hydrogen-bond donors (Lipinski definition) is 0. The number of carbonyl (C=O) groups excluding carboxylic acids is 1. The van der Waals surface area contributed by atoms with E-state index >= 15 is 0 Å². The summed E-state index contributed by atoms with van der Waals surface area (Å²) in [6.45, 7) is 6.53. The fourth-order valence-corrected chi connectivity index (χ4v) is 5.34. The molecular formula is C18H26N2O2S. The quantitative estimate of drug-likeness (QED) is 0.852. The molecule has 0 bridgehead atoms. The van der Waals surface area contributed by atoms with E-state index in [1.165, 1.54) is 17.7 Å². The Balaban J connectivity index is 1.52. The van der Waals surface area contributed by atoms with Crippen LogP contribution in [0.4, 0.5) is 0 Å². The summed E-state index contributed by atoms with van der Waals surface area (Å²) in [7, 11) is 0. The van der Waals surface area contributed by atoms with Crippen LogP contribution in [0, 0.1) is 11.3 Å². The van der Waals surface area contributed by atoms with Crippen LogP contribution >= 0.6 is 11.3 Å². The van der Waals surface area contributed by atoms with Crippen molar-refractivity contribution in [1.29, 1.82) is 0 Å². The number of amides is 1. The average Bonchev–Trinajstić information content (AvgIpc) is 3.30. The molecule has 1 amide bonds. The highest BCUT2D eigenvalue weighted by molar-refractivity contribution is 7.09. The summed E-state index contributed by atoms with van der Waals surface area (Å²) in [4.78, 5) is 19.2. The molecule has 4 rings (SSSR count). The first-order valence-electron chi connectivity index (χ1n) is 8.88. The van der Waals surface area contributed by atoms with E-state index in [1.54, 1.807) is 0 Å². The minimum Gasteiger partial charge on any atom is -0.381 e. The van der Waals surface area contributed by atoms with Crippen LogP contribution in [0.2, 0.25) is 0 Å². The monoisotopic (exact) mass is 334 g/mol. The molecule has 126 valence electrons. The second-order valence-corrected chi connectivity index (χ2v) is 8.34. The van der Waals surface area contributed by atoms with Gasteiger partial charge in [-0.05, 0) is 37.1 Å². The summed E-state index contributed by atoms with van der Waals surface area (Å²) >= 11 is 1.82. The zero-order valence-corrected chi connectivity index (χ0v) is 14.5. The van der Waals surface area contributed by atoms with Crippen molar-refractivity contribution in [3.8, 4) is 0 Å². The van der Waals surface area contributed by atoms with Crippen LogP contribution in [-0.2, 0) is 16.1 Å². The Hall–Kier alpha value is -0.910. The molecule has 1 aromatic rings. The number of thiophene rings is 1. The van der Waals surface area contributed by atoms with E-state index in [2.05, 4.69) is 27.3 Å². The second kappa shape index (κ2) is 6.54. The highest BCUT2D eigenvalue weighted by Crippen LogP contribution is 2.45. The minimum atomic E-state index is 0.148. The zero-order valence-electron chi connectivity index (χ0n) is 13.7. The van der Waals surface area contributed by atoms with Crippen LogP contribution in [0.1, 0.15) is 30.6 Å². The highest BCUT2D eigenvalue weighted by atomic mass is 32.1. The predicted octanol–water partition coefficient (Wildman–Crippen LogP) is 2.60. The van der Waals surface area contributed by atoms with Gasteiger partial charge in [-0.15, -0.1) is 11.3 Å². The van der Waals surface area contributed by atoms with Crippen molar-refractivity contribution < 1.29 is 9.53 Å². The SMILES string of the molecule is O=C(C1CN(Cc2cccs2)CC12CCOCC2)N1CCCC1. The largest absolute Gasteiger partial charge is 0.381 e. The van der Waals surface area contributed by atoms with Crippen molar-refractivity contribution in [2.24, 2.45) is 11.3 Å². The van der Waals surface area contributed by atoms with E-state index in [4.69, 9.17) is 4.74 Å². The second-order valence-electron chi connectivity index (χ2n) is 7.31. The molecule has 3 aliphatic rings. The molecule has 1 aromatic heterocycles. The van der Waals surface area contributed by atoms with Gasteiger partial charge in [0.25, 0.3) is 0 Å². The lowest BCUT2D eigenvalue weighted by atomic mass is 9.71. The summed E-state index contributed by atoms with van der Waals surface area (Å²) in [6.07, 6.45) is 4.43. The maximum Gasteiger partial charge on any atom is 0.227 e. The summed E-state index contributed by atoms with van der Waals surface area (Å²) in [6, 6.07) is 4.32. The van der Waals surface area contributed by atoms with Crippen LogP contribution in [0.5, 0.6) is 0 Å². The Kier molecular flexibility index (Phi) is 4.43. The molecule has 23 heavy (non-hydrogen) atoms. The van der Waals surface area contributed by atoms with Gasteiger partial charge < -0.3 is 9.64 Å². The van der Waals surface area contributed by atoms with Crippen molar-refractivity contribution in [2.45, 2.75) is 32.2 Å². The van der Waals surface area contributed by atoms with Crippen LogP contribution in [0.25, 0.3) is 0 Å². The lowest BCUT2D eigenvalue weighted by Crippen LogP contribution is -2.45. The van der Waals surface area contributed by atoms with E-state index in [1.807, 2.05) is 11.3 Å². The third-order valence-corrected chi connectivity index (χ3v) is 6.74. The first-order valence-corrected chi connectivity index (χ1v) is 9.76. The van der Waals surface area contributed by atoms with Crippen molar-refractivity contribution in [2.75, 3.05) is 39.4 Å². The highest BCUT2D eigenvalue weighted by Gasteiger charge is 2.51. The van der Waals surface area contributed by atoms with E-state index in [-0.39, 0.29) is 11.3 Å². The third kappa shape index (κ3) is 3.06. The van der Waals surface area contributed by atoms with Gasteiger partial charge in [0.15, 0.2) is 0 Å². The molecule has 4 nitrogen and oxygen atoms in total. The molecule has 4 heterocycles. The van der Waals surface area contributed by atoms with Gasteiger partial charge in [0.2, 0.25) is 5.91 Å². The Morgan fingerprint density at radius 2 is 2.09 bits per heavy atom. The van der Waals surface area contributed by atoms with Gasteiger partial charge in [-0.2, -0.15) is 0 Å². The topological polar surface area (TPSA) is 32.8 Å². The number of hydrogen-bond acceptors (Lipinski definition) is 4. The van der Waals surface area contributed by atoms with Crippen LogP contribution in [0.3, 0.4) is 0 Å². The van der Waals surface area contributed by atoms with Crippen molar-refractivity contribution >= 4 is 17.2 Å². The fourth-order valence-electron chi connectivity index (χ4n) is 4.60. The molecule has 1 spiro atoms. The molecule has 0 N–H and O–H groups in total. The van der Waals surface area contributed by atoms with E-state index in [9.17, 15) is 4.79 Å². The van der Waals surface area contributed by atoms with Crippen LogP contribution in [-0.4, -0.2) is 55.1 Å². The van der Waals surface area contributed by atoms with E-state index < -0.39 is 0 Å². The third-order valence-electron chi connectivity index (χ3n) is 5.88. The lowest BCUT2D eigenvalue weighted by Gasteiger charge is -2.38. The molecule has 3 saturated heterocycles. The number of ether oxygens (including phenoxy) is 1. The minimum absolute atomic E-state index is 0.148. The van der Waals surface area contributed by atoms with E-state index in [0.717, 1.165) is 58.8 Å². The fraction of sp³-hybridized carbons (Fsp3) is 0.722. The van der Waals surface area contributed by atoms with Gasteiger partial charge in [-0.1, -0.05) is 6.07 Å². The standard InChI is InChI=1S/C18H26N2O2S/c21-17(20-7-1-2-8-20)16-13-19(12-15-4-3-11-23-15)14-18(16)5-9-22-10-6-18/h3-4,11,16H,1-2,5-10,12-14H2. The summed E-state index contributed by atoms with van der Waals surface area (Å²) in [5.74, 6) is 0.586. The van der Waals surface area contributed by atoms with Crippen LogP contribution < -0.4 is 0 Å². The summed E-state index contributed by atoms with van der Waals surface area (Å²) in [5.41, 5.74) is 0.148. The number of rotatable bonds is 3. The number of nitrogens with zero attached hydrogens (tertiary/aromatic N) is 2. The van der Waals surface area contributed by atoms with Crippen molar-refractivity contribution in [3.05, 3.63) is 22.4 Å². The Morgan fingerprint density at radius 1 is 1.30 bits per heavy atom. The van der Waals surface area contributed by atoms with Crippen LogP contribution in [0.15, 0.2) is 17.5 Å². The zero-order chi connectivity index (χ0) is 15.7. The Labute approximate surface area is 142 Å². The molecule has 1 atom stereocenters. The van der Waals surface area contributed by atoms with Gasteiger partial charge in [0.05, 0.1) is 5.92 Å². The number of likely N-dealkylation sites (tertiary alicyclic amines) is 2. The molecule has 3 fully saturated rings. The van der Waals surface area contributed by atoms with Gasteiger partial charge in [0, 0.05) is 56.2 Å². The number of carbonyl (C=O) groups is 1. The molecule has 0 aromatic carbocycles. The van der Waals surface area contributed by atoms with E-state index in [0.29, 0.717) is 5.91 Å². The molecule has 3 aliphatic heterocycles. The maximum atomic E-state index is 13.1. The molecule has 0 saturated carbocycles. The van der Waals surface area contributed by atoms with Gasteiger partial charge in [0.1, 0.15) is 0 Å². The predicted molar refractivity (Wildman–Crippen MR) is 91.4 cm³/mol. The first kappa shape index (κ1) is 15.6. The van der Waals surface area contributed by atoms with Crippen molar-refractivity contribution in [3.63, 3.8) is 0 Å². The smallest absolute Gasteiger partial charge is 0.227 e. The maximum absolute atomic E-state index is 13.1. The summed E-state index contributed by atoms with van der Waals surface area (Å²) < 4.78 is 5.61. The Bertz CT molecular complexity index is 533. The molecule has 1 unspecified atom stereocenters. The molecule has 0 aliphatic carbocycles. The molecule has 0 radical (unpaired) electrons. The van der Waals surface area contributed by atoms with Gasteiger partial charge >= 0.3 is 0 Å². The molecular weight excluding hydrogens is 308 g/mol. The Morgan fingerprint density at radius 3 is 2.78 bits per heavy atom. The van der Waals surface area contributed by atoms with Gasteiger partial charge in [-0.3, -0.25) is 9.69 Å². The average molecular weight is 334 g/mol. The summed E-state index contributed by atoms with van der Waals surface area (Å²) in [5, 5.41) is 2.14. The van der Waals surface area contributed by atoms with Gasteiger partial charge in [-0.25, -0.2) is 0 Å². The lowest BCUT2D eigenvalue weighted by molar-refractivity contribution is -0.139.